The van der Waals surface area contributed by atoms with E-state index in [0.29, 0.717) is 51.3 Å². The van der Waals surface area contributed by atoms with Crippen LogP contribution < -0.4 is 11.3 Å². The number of pyridine rings is 2. The number of piperidine rings is 1. The topological polar surface area (TPSA) is 139 Å². The Labute approximate surface area is 235 Å². The molecule has 5 rings (SSSR count). The largest absolute Gasteiger partial charge is 0.480 e. The van der Waals surface area contributed by atoms with Gasteiger partial charge in [0.25, 0.3) is 11.8 Å². The number of halogens is 1. The van der Waals surface area contributed by atoms with Crippen LogP contribution in [0.4, 0.5) is 0 Å². The lowest BCUT2D eigenvalue weighted by Gasteiger charge is -2.33. The van der Waals surface area contributed by atoms with Gasteiger partial charge in [-0.3, -0.25) is 20.0 Å². The minimum atomic E-state index is -0.997. The second kappa shape index (κ2) is 11.5. The number of aliphatic carboxylic acids is 1. The molecule has 2 amide bonds. The average Bonchev–Trinajstić information content (AvgIpc) is 2.99. The SMILES string of the molecule is NNC(=O)c1cc(-c2ccc(C#Cc3ccc(C(=O)N4CCCC[C@H]4C(=O)O)cc3Cl)cc2)nc2ccncc12. The highest BCUT2D eigenvalue weighted by Crippen LogP contribution is 2.26. The van der Waals surface area contributed by atoms with E-state index in [9.17, 15) is 19.5 Å². The number of hydrogen-bond donors (Lipinski definition) is 3. The number of hydrogen-bond acceptors (Lipinski definition) is 6. The Morgan fingerprint density at radius 2 is 1.85 bits per heavy atom. The maximum atomic E-state index is 13.0. The van der Waals surface area contributed by atoms with Crippen LogP contribution in [0.5, 0.6) is 0 Å². The summed E-state index contributed by atoms with van der Waals surface area (Å²) in [4.78, 5) is 47.0. The van der Waals surface area contributed by atoms with Crippen molar-refractivity contribution >= 4 is 40.3 Å². The number of aromatic nitrogens is 2. The number of nitrogens with one attached hydrogen (secondary N) is 1. The Hall–Kier alpha value is -4.78. The lowest BCUT2D eigenvalue weighted by Crippen LogP contribution is -2.47. The first-order chi connectivity index (χ1) is 19.4. The lowest BCUT2D eigenvalue weighted by molar-refractivity contribution is -0.143. The number of nitrogen functional groups attached to an aromatic ring is 1. The minimum Gasteiger partial charge on any atom is -0.480 e. The highest BCUT2D eigenvalue weighted by molar-refractivity contribution is 6.32. The molecule has 200 valence electrons. The van der Waals surface area contributed by atoms with Crippen LogP contribution in [0.1, 0.15) is 51.1 Å². The summed E-state index contributed by atoms with van der Waals surface area (Å²) in [5.74, 6) is 9.67. The molecular weight excluding hydrogens is 530 g/mol. The first-order valence-electron chi connectivity index (χ1n) is 12.6. The summed E-state index contributed by atoms with van der Waals surface area (Å²) >= 11 is 6.44. The number of likely N-dealkylation sites (tertiary alicyclic amines) is 1. The number of carbonyl (C=O) groups excluding carboxylic acids is 2. The molecule has 1 atom stereocenters. The van der Waals surface area contributed by atoms with Crippen LogP contribution in [-0.4, -0.2) is 50.3 Å². The van der Waals surface area contributed by atoms with Crippen molar-refractivity contribution in [3.8, 4) is 23.1 Å². The van der Waals surface area contributed by atoms with E-state index in [1.807, 2.05) is 24.3 Å². The fourth-order valence-corrected chi connectivity index (χ4v) is 4.92. The average molecular weight is 554 g/mol. The number of amides is 2. The second-order valence-corrected chi connectivity index (χ2v) is 9.70. The van der Waals surface area contributed by atoms with E-state index in [4.69, 9.17) is 17.4 Å². The molecule has 1 aliphatic rings. The van der Waals surface area contributed by atoms with E-state index >= 15 is 0 Å². The molecule has 0 unspecified atom stereocenters. The van der Waals surface area contributed by atoms with E-state index < -0.39 is 17.9 Å². The van der Waals surface area contributed by atoms with Gasteiger partial charge < -0.3 is 10.0 Å². The van der Waals surface area contributed by atoms with Gasteiger partial charge in [0.1, 0.15) is 6.04 Å². The third-order valence-electron chi connectivity index (χ3n) is 6.77. The molecule has 0 radical (unpaired) electrons. The summed E-state index contributed by atoms with van der Waals surface area (Å²) in [5.41, 5.74) is 6.12. The number of fused-ring (bicyclic) bond motifs is 1. The van der Waals surface area contributed by atoms with Gasteiger partial charge in [-0.1, -0.05) is 35.6 Å². The van der Waals surface area contributed by atoms with Crippen molar-refractivity contribution in [3.63, 3.8) is 0 Å². The molecule has 0 bridgehead atoms. The Bertz CT molecular complexity index is 1690. The van der Waals surface area contributed by atoms with Gasteiger partial charge >= 0.3 is 5.97 Å². The van der Waals surface area contributed by atoms with Gasteiger partial charge in [-0.15, -0.1) is 0 Å². The van der Waals surface area contributed by atoms with E-state index in [1.165, 1.54) is 11.0 Å². The Kier molecular flexibility index (Phi) is 7.73. The van der Waals surface area contributed by atoms with Crippen molar-refractivity contribution < 1.29 is 19.5 Å². The molecule has 3 heterocycles. The van der Waals surface area contributed by atoms with Gasteiger partial charge in [0.05, 0.1) is 21.8 Å². The molecule has 1 aliphatic heterocycles. The van der Waals surface area contributed by atoms with Crippen LogP contribution in [0.25, 0.3) is 22.2 Å². The third-order valence-corrected chi connectivity index (χ3v) is 7.09. The number of nitrogens with two attached hydrogens (primary N) is 1. The van der Waals surface area contributed by atoms with Crippen LogP contribution in [0.2, 0.25) is 5.02 Å². The van der Waals surface area contributed by atoms with Gasteiger partial charge in [0.2, 0.25) is 0 Å². The Morgan fingerprint density at radius 1 is 1.05 bits per heavy atom. The molecule has 2 aromatic heterocycles. The standard InChI is InChI=1S/C30H24ClN5O4/c31-24-15-21(29(38)36-14-2-1-3-27(36)30(39)40)11-10-19(24)7-4-18-5-8-20(9-6-18)26-16-22(28(37)35-32)23-17-33-13-12-25(23)34-26/h5-6,8-13,15-17,27H,1-3,14,32H2,(H,35,37)(H,39,40)/t27-/m0/s1. The predicted molar refractivity (Wildman–Crippen MR) is 150 cm³/mol. The van der Waals surface area contributed by atoms with Gasteiger partial charge in [-0.25, -0.2) is 15.6 Å². The zero-order valence-electron chi connectivity index (χ0n) is 21.2. The quantitative estimate of drug-likeness (QED) is 0.150. The van der Waals surface area contributed by atoms with Crippen LogP contribution in [-0.2, 0) is 4.79 Å². The number of rotatable bonds is 4. The molecule has 9 nitrogen and oxygen atoms in total. The van der Waals surface area contributed by atoms with E-state index in [-0.39, 0.29) is 5.91 Å². The van der Waals surface area contributed by atoms with Crippen LogP contribution in [0.15, 0.2) is 67.0 Å². The summed E-state index contributed by atoms with van der Waals surface area (Å²) < 4.78 is 0. The predicted octanol–water partition coefficient (Wildman–Crippen LogP) is 4.03. The number of benzene rings is 2. The molecule has 4 aromatic rings. The first-order valence-corrected chi connectivity index (χ1v) is 12.9. The van der Waals surface area contributed by atoms with Crippen LogP contribution in [0.3, 0.4) is 0 Å². The number of nitrogens with zero attached hydrogens (tertiary/aromatic N) is 3. The zero-order valence-corrected chi connectivity index (χ0v) is 22.0. The van der Waals surface area contributed by atoms with Crippen molar-refractivity contribution in [2.45, 2.75) is 25.3 Å². The number of hydrazine groups is 1. The van der Waals surface area contributed by atoms with E-state index in [1.54, 1.807) is 36.7 Å². The van der Waals surface area contributed by atoms with Crippen molar-refractivity contribution in [1.29, 1.82) is 0 Å². The molecule has 40 heavy (non-hydrogen) atoms. The molecule has 1 fully saturated rings. The normalized spacial score (nSPS) is 14.8. The fraction of sp³-hybridized carbons (Fsp3) is 0.167. The monoisotopic (exact) mass is 553 g/mol. The number of carboxylic acids is 1. The van der Waals surface area contributed by atoms with Crippen molar-refractivity contribution in [1.82, 2.24) is 20.3 Å². The molecule has 4 N–H and O–H groups in total. The maximum Gasteiger partial charge on any atom is 0.326 e. The second-order valence-electron chi connectivity index (χ2n) is 9.29. The van der Waals surface area contributed by atoms with Crippen LogP contribution >= 0.6 is 11.6 Å². The number of carboxylic acid groups (broad SMARTS) is 1. The van der Waals surface area contributed by atoms with Gasteiger partial charge in [-0.2, -0.15) is 0 Å². The molecule has 2 aromatic carbocycles. The Balaban J connectivity index is 1.36. The fourth-order valence-electron chi connectivity index (χ4n) is 4.69. The highest BCUT2D eigenvalue weighted by atomic mass is 35.5. The van der Waals surface area contributed by atoms with Crippen molar-refractivity contribution in [2.75, 3.05) is 6.54 Å². The molecular formula is C30H24ClN5O4. The zero-order chi connectivity index (χ0) is 28.2. The summed E-state index contributed by atoms with van der Waals surface area (Å²) in [5, 5.41) is 10.4. The smallest absolute Gasteiger partial charge is 0.326 e. The summed E-state index contributed by atoms with van der Waals surface area (Å²) in [6.07, 6.45) is 5.17. The van der Waals surface area contributed by atoms with Gasteiger partial charge in [0, 0.05) is 46.6 Å². The molecule has 1 saturated heterocycles. The van der Waals surface area contributed by atoms with E-state index in [2.05, 4.69) is 27.2 Å². The molecule has 0 saturated carbocycles. The molecule has 0 aliphatic carbocycles. The Morgan fingerprint density at radius 3 is 2.58 bits per heavy atom. The van der Waals surface area contributed by atoms with E-state index in [0.717, 1.165) is 24.0 Å². The lowest BCUT2D eigenvalue weighted by atomic mass is 10.0. The van der Waals surface area contributed by atoms with Crippen LogP contribution in [0, 0.1) is 11.8 Å². The first kappa shape index (κ1) is 26.8. The summed E-state index contributed by atoms with van der Waals surface area (Å²) in [6.45, 7) is 0.401. The van der Waals surface area contributed by atoms with Gasteiger partial charge in [-0.05, 0) is 61.7 Å². The third kappa shape index (κ3) is 5.50. The minimum absolute atomic E-state index is 0.305. The number of carbonyl (C=O) groups is 3. The molecule has 0 spiro atoms. The van der Waals surface area contributed by atoms with Crippen molar-refractivity contribution in [2.24, 2.45) is 5.84 Å². The summed E-state index contributed by atoms with van der Waals surface area (Å²) in [7, 11) is 0. The molecule has 10 heteroatoms. The maximum absolute atomic E-state index is 13.0. The highest BCUT2D eigenvalue weighted by Gasteiger charge is 2.32. The summed E-state index contributed by atoms with van der Waals surface area (Å²) in [6, 6.07) is 14.7. The van der Waals surface area contributed by atoms with Crippen molar-refractivity contribution in [3.05, 3.63) is 94.3 Å². The van der Waals surface area contributed by atoms with Gasteiger partial charge in [0.15, 0.2) is 0 Å².